The molecule has 0 amide bonds. The zero-order valence-corrected chi connectivity index (χ0v) is 51.1. The van der Waals surface area contributed by atoms with Gasteiger partial charge in [-0.05, 0) is 44.9 Å². The molecule has 0 aromatic heterocycles. The summed E-state index contributed by atoms with van der Waals surface area (Å²) in [4.78, 5) is 37.9. The Bertz CT molecular complexity index is 1170. The van der Waals surface area contributed by atoms with Gasteiger partial charge in [0, 0.05) is 19.3 Å². The maximum Gasteiger partial charge on any atom is 0.306 e. The molecule has 0 N–H and O–H groups in total. The molecule has 0 aliphatic rings. The van der Waals surface area contributed by atoms with E-state index in [2.05, 4.69) is 32.9 Å². The third-order valence-corrected chi connectivity index (χ3v) is 15.8. The van der Waals surface area contributed by atoms with Crippen LogP contribution in [0.3, 0.4) is 0 Å². The van der Waals surface area contributed by atoms with E-state index >= 15 is 0 Å². The average Bonchev–Trinajstić information content (AvgIpc) is 3.41. The summed E-state index contributed by atoms with van der Waals surface area (Å²) in [5.41, 5.74) is 0. The lowest BCUT2D eigenvalue weighted by molar-refractivity contribution is -0.167. The van der Waals surface area contributed by atoms with E-state index in [-0.39, 0.29) is 31.1 Å². The molecule has 0 aliphatic heterocycles. The molecule has 0 heterocycles. The molecule has 0 rings (SSSR count). The lowest BCUT2D eigenvalue weighted by Gasteiger charge is -2.18. The van der Waals surface area contributed by atoms with Crippen molar-refractivity contribution >= 4 is 17.9 Å². The van der Waals surface area contributed by atoms with Crippen LogP contribution in [0.2, 0.25) is 0 Å². The molecule has 0 saturated heterocycles. The third-order valence-electron chi connectivity index (χ3n) is 15.8. The molecule has 0 aromatic rings. The molecule has 6 heteroatoms. The molecule has 1 unspecified atom stereocenters. The van der Waals surface area contributed by atoms with E-state index in [1.807, 2.05) is 0 Å². The number of ether oxygens (including phenoxy) is 3. The minimum absolute atomic E-state index is 0.0672. The van der Waals surface area contributed by atoms with Crippen molar-refractivity contribution in [3.63, 3.8) is 0 Å². The van der Waals surface area contributed by atoms with E-state index in [4.69, 9.17) is 14.2 Å². The van der Waals surface area contributed by atoms with Gasteiger partial charge in [0.05, 0.1) is 0 Å². The molecule has 1 atom stereocenters. The van der Waals surface area contributed by atoms with Crippen LogP contribution in [0.1, 0.15) is 393 Å². The van der Waals surface area contributed by atoms with Crippen LogP contribution < -0.4 is 0 Å². The summed E-state index contributed by atoms with van der Waals surface area (Å²) in [6.45, 7) is 6.61. The maximum atomic E-state index is 12.8. The van der Waals surface area contributed by atoms with Gasteiger partial charge in [0.1, 0.15) is 13.2 Å². The molecular weight excluding hydrogens is 925 g/mol. The van der Waals surface area contributed by atoms with E-state index in [0.717, 1.165) is 64.2 Å². The topological polar surface area (TPSA) is 78.9 Å². The highest BCUT2D eigenvalue weighted by molar-refractivity contribution is 5.71. The molecule has 444 valence electrons. The van der Waals surface area contributed by atoms with Crippen molar-refractivity contribution < 1.29 is 28.6 Å². The summed E-state index contributed by atoms with van der Waals surface area (Å²) in [5, 5.41) is 0. The molecular formula is C69H132O6. The van der Waals surface area contributed by atoms with E-state index in [1.54, 1.807) is 0 Å². The van der Waals surface area contributed by atoms with Gasteiger partial charge in [0.15, 0.2) is 6.10 Å². The minimum atomic E-state index is -0.765. The number of rotatable bonds is 64. The number of carbonyl (C=O) groups is 3. The number of hydrogen-bond acceptors (Lipinski definition) is 6. The average molecular weight is 1060 g/mol. The Balaban J connectivity index is 3.82. The molecule has 0 saturated carbocycles. The molecule has 0 fully saturated rings. The fourth-order valence-electron chi connectivity index (χ4n) is 10.6. The highest BCUT2D eigenvalue weighted by Crippen LogP contribution is 2.19. The van der Waals surface area contributed by atoms with Crippen molar-refractivity contribution in [2.24, 2.45) is 0 Å². The Morgan fingerprint density at radius 2 is 0.440 bits per heavy atom. The normalized spacial score (nSPS) is 12.0. The van der Waals surface area contributed by atoms with E-state index in [9.17, 15) is 14.4 Å². The molecule has 6 nitrogen and oxygen atoms in total. The summed E-state index contributed by atoms with van der Waals surface area (Å²) in [6.07, 6.45) is 77.4. The summed E-state index contributed by atoms with van der Waals surface area (Å²) in [6, 6.07) is 0. The van der Waals surface area contributed by atoms with Crippen molar-refractivity contribution in [2.45, 2.75) is 399 Å². The number of hydrogen-bond donors (Lipinski definition) is 0. The Morgan fingerprint density at radius 3 is 0.667 bits per heavy atom. The smallest absolute Gasteiger partial charge is 0.306 e. The van der Waals surface area contributed by atoms with E-state index < -0.39 is 6.10 Å². The number of unbranched alkanes of at least 4 members (excludes halogenated alkanes) is 51. The molecule has 75 heavy (non-hydrogen) atoms. The van der Waals surface area contributed by atoms with Crippen molar-refractivity contribution in [1.82, 2.24) is 0 Å². The molecule has 0 aliphatic carbocycles. The van der Waals surface area contributed by atoms with Crippen molar-refractivity contribution in [3.8, 4) is 0 Å². The van der Waals surface area contributed by atoms with Gasteiger partial charge >= 0.3 is 17.9 Å². The predicted molar refractivity (Wildman–Crippen MR) is 326 cm³/mol. The van der Waals surface area contributed by atoms with Crippen LogP contribution in [0, 0.1) is 0 Å². The lowest BCUT2D eigenvalue weighted by atomic mass is 10.0. The Morgan fingerprint density at radius 1 is 0.253 bits per heavy atom. The molecule has 0 aromatic carbocycles. The van der Waals surface area contributed by atoms with Gasteiger partial charge in [-0.3, -0.25) is 14.4 Å². The van der Waals surface area contributed by atoms with Crippen LogP contribution in [0.5, 0.6) is 0 Å². The van der Waals surface area contributed by atoms with Gasteiger partial charge in [0.2, 0.25) is 0 Å². The SMILES string of the molecule is CCCCCCCC/C=C\CCCCCCCCCC(=O)OC(COC(=O)CCCCCCC)COC(=O)CCCCCCCCCCCCCCCCCCCCCCCCCCCCCCCCCCCCC. The first-order chi connectivity index (χ1) is 37.0. The van der Waals surface area contributed by atoms with Crippen LogP contribution in [0.4, 0.5) is 0 Å². The molecule has 0 spiro atoms. The van der Waals surface area contributed by atoms with Gasteiger partial charge in [-0.25, -0.2) is 0 Å². The van der Waals surface area contributed by atoms with Gasteiger partial charge in [-0.2, -0.15) is 0 Å². The Labute approximate surface area is 469 Å². The standard InChI is InChI=1S/C69H132O6/c1-4-7-10-13-15-17-19-21-23-25-26-27-28-29-30-31-32-33-34-35-36-37-38-39-40-41-42-44-45-47-49-51-53-56-59-62-68(71)74-65-66(64-73-67(70)61-58-55-12-9-6-3)75-69(72)63-60-57-54-52-50-48-46-43-24-22-20-18-16-14-11-8-5-2/h22,24,66H,4-21,23,25-65H2,1-3H3/b24-22-. The fourth-order valence-corrected chi connectivity index (χ4v) is 10.6. The first kappa shape index (κ1) is 73.2. The monoisotopic (exact) mass is 1060 g/mol. The molecule has 0 radical (unpaired) electrons. The molecule has 0 bridgehead atoms. The summed E-state index contributed by atoms with van der Waals surface area (Å²) in [7, 11) is 0. The second-order valence-corrected chi connectivity index (χ2v) is 23.5. The lowest BCUT2D eigenvalue weighted by Crippen LogP contribution is -2.30. The maximum absolute atomic E-state index is 12.8. The Hall–Kier alpha value is -1.85. The van der Waals surface area contributed by atoms with Crippen molar-refractivity contribution in [1.29, 1.82) is 0 Å². The zero-order chi connectivity index (χ0) is 54.3. The number of allylic oxidation sites excluding steroid dienone is 2. The highest BCUT2D eigenvalue weighted by atomic mass is 16.6. The van der Waals surface area contributed by atoms with Gasteiger partial charge < -0.3 is 14.2 Å². The van der Waals surface area contributed by atoms with Crippen LogP contribution in [-0.4, -0.2) is 37.2 Å². The van der Waals surface area contributed by atoms with Gasteiger partial charge in [0.25, 0.3) is 0 Å². The van der Waals surface area contributed by atoms with E-state index in [1.165, 1.54) is 289 Å². The summed E-state index contributed by atoms with van der Waals surface area (Å²) in [5.74, 6) is -0.862. The fraction of sp³-hybridized carbons (Fsp3) is 0.928. The zero-order valence-electron chi connectivity index (χ0n) is 51.1. The summed E-state index contributed by atoms with van der Waals surface area (Å²) >= 11 is 0. The third kappa shape index (κ3) is 62.9. The second-order valence-electron chi connectivity index (χ2n) is 23.5. The first-order valence-electron chi connectivity index (χ1n) is 34.2. The Kier molecular flexibility index (Phi) is 63.1. The summed E-state index contributed by atoms with van der Waals surface area (Å²) < 4.78 is 16.8. The minimum Gasteiger partial charge on any atom is -0.462 e. The van der Waals surface area contributed by atoms with Crippen molar-refractivity contribution in [2.75, 3.05) is 13.2 Å². The van der Waals surface area contributed by atoms with Crippen LogP contribution in [-0.2, 0) is 28.6 Å². The van der Waals surface area contributed by atoms with Crippen LogP contribution >= 0.6 is 0 Å². The predicted octanol–water partition coefficient (Wildman–Crippen LogP) is 23.2. The van der Waals surface area contributed by atoms with Gasteiger partial charge in [-0.15, -0.1) is 0 Å². The largest absolute Gasteiger partial charge is 0.462 e. The van der Waals surface area contributed by atoms with E-state index in [0.29, 0.717) is 19.3 Å². The van der Waals surface area contributed by atoms with Crippen molar-refractivity contribution in [3.05, 3.63) is 12.2 Å². The van der Waals surface area contributed by atoms with Gasteiger partial charge in [-0.1, -0.05) is 341 Å². The number of esters is 3. The second kappa shape index (κ2) is 64.7. The number of carbonyl (C=O) groups excluding carboxylic acids is 3. The first-order valence-corrected chi connectivity index (χ1v) is 34.2. The highest BCUT2D eigenvalue weighted by Gasteiger charge is 2.19. The van der Waals surface area contributed by atoms with Crippen LogP contribution in [0.15, 0.2) is 12.2 Å². The van der Waals surface area contributed by atoms with Crippen LogP contribution in [0.25, 0.3) is 0 Å². The quantitative estimate of drug-likeness (QED) is 0.0261.